The molecular weight excluding hydrogens is 463 g/mol. The van der Waals surface area contributed by atoms with Crippen LogP contribution < -0.4 is 10.6 Å². The minimum atomic E-state index is -0.895. The molecule has 4 rings (SSSR count). The molecule has 0 unspecified atom stereocenters. The Bertz CT molecular complexity index is 1120. The number of likely N-dealkylation sites (tertiary alicyclic amines) is 1. The Morgan fingerprint density at radius 1 is 1.00 bits per heavy atom. The Balaban J connectivity index is 1.23. The summed E-state index contributed by atoms with van der Waals surface area (Å²) < 4.78 is 13.4. The maximum Gasteiger partial charge on any atom is 0.322 e. The molecule has 2 aromatic rings. The maximum atomic E-state index is 13.4. The van der Waals surface area contributed by atoms with E-state index in [-0.39, 0.29) is 24.3 Å². The normalized spacial score (nSPS) is 16.0. The standard InChI is InChI=1S/C27H33FN4O4/c1-27(2,36)11-12-29-24(33)25(34)31-13-9-19(10-14-31)18-4-7-23(8-5-18)30-26(35)32-16-20-3-6-22(28)15-21(20)17-32/h3-8,15,19,36H,9-14,16-17H2,1-2H3,(H,29,33)(H,30,35). The highest BCUT2D eigenvalue weighted by Gasteiger charge is 2.28. The van der Waals surface area contributed by atoms with Crippen molar-refractivity contribution in [1.82, 2.24) is 15.1 Å². The van der Waals surface area contributed by atoms with Crippen molar-refractivity contribution < 1.29 is 23.9 Å². The van der Waals surface area contributed by atoms with Gasteiger partial charge >= 0.3 is 17.8 Å². The van der Waals surface area contributed by atoms with Crippen LogP contribution in [0.1, 0.15) is 55.7 Å². The number of aliphatic hydroxyl groups is 1. The van der Waals surface area contributed by atoms with E-state index in [0.717, 1.165) is 29.5 Å². The van der Waals surface area contributed by atoms with Crippen LogP contribution in [0.5, 0.6) is 0 Å². The van der Waals surface area contributed by atoms with Gasteiger partial charge in [-0.2, -0.15) is 0 Å². The average Bonchev–Trinajstić information content (AvgIpc) is 3.27. The summed E-state index contributed by atoms with van der Waals surface area (Å²) >= 11 is 0. The molecular formula is C27H33FN4O4. The Morgan fingerprint density at radius 2 is 1.67 bits per heavy atom. The Kier molecular flexibility index (Phi) is 7.59. The Morgan fingerprint density at radius 3 is 2.33 bits per heavy atom. The SMILES string of the molecule is CC(C)(O)CCNC(=O)C(=O)N1CCC(c2ccc(NC(=O)N3Cc4ccc(F)cc4C3)cc2)CC1. The van der Waals surface area contributed by atoms with Gasteiger partial charge in [-0.3, -0.25) is 9.59 Å². The zero-order chi connectivity index (χ0) is 25.9. The first-order chi connectivity index (χ1) is 17.1. The maximum absolute atomic E-state index is 13.4. The molecule has 4 amide bonds. The highest BCUT2D eigenvalue weighted by Crippen LogP contribution is 2.29. The van der Waals surface area contributed by atoms with Crippen molar-refractivity contribution >= 4 is 23.5 Å². The Labute approximate surface area is 210 Å². The number of nitrogens with zero attached hydrogens (tertiary/aromatic N) is 2. The van der Waals surface area contributed by atoms with E-state index in [1.165, 1.54) is 12.1 Å². The summed E-state index contributed by atoms with van der Waals surface area (Å²) in [5.74, 6) is -1.20. The molecule has 36 heavy (non-hydrogen) atoms. The summed E-state index contributed by atoms with van der Waals surface area (Å²) in [4.78, 5) is 40.5. The lowest BCUT2D eigenvalue weighted by Gasteiger charge is -2.32. The van der Waals surface area contributed by atoms with Gasteiger partial charge in [0.05, 0.1) is 5.60 Å². The summed E-state index contributed by atoms with van der Waals surface area (Å²) in [6, 6.07) is 12.1. The fraction of sp³-hybridized carbons (Fsp3) is 0.444. The second kappa shape index (κ2) is 10.7. The molecule has 3 N–H and O–H groups in total. The number of hydrogen-bond acceptors (Lipinski definition) is 4. The van der Waals surface area contributed by atoms with E-state index in [2.05, 4.69) is 10.6 Å². The molecule has 0 saturated carbocycles. The van der Waals surface area contributed by atoms with Gasteiger partial charge in [0, 0.05) is 38.4 Å². The summed E-state index contributed by atoms with van der Waals surface area (Å²) in [7, 11) is 0. The number of benzene rings is 2. The Hall–Kier alpha value is -3.46. The minimum Gasteiger partial charge on any atom is -0.390 e. The molecule has 0 radical (unpaired) electrons. The molecule has 0 aromatic heterocycles. The van der Waals surface area contributed by atoms with Gasteiger partial charge in [0.15, 0.2) is 0 Å². The largest absolute Gasteiger partial charge is 0.390 e. The van der Waals surface area contributed by atoms with Gasteiger partial charge in [-0.05, 0) is 80.0 Å². The van der Waals surface area contributed by atoms with Gasteiger partial charge < -0.3 is 25.5 Å². The molecule has 8 nitrogen and oxygen atoms in total. The smallest absolute Gasteiger partial charge is 0.322 e. The van der Waals surface area contributed by atoms with Gasteiger partial charge in [-0.25, -0.2) is 9.18 Å². The molecule has 1 fully saturated rings. The second-order valence-electron chi connectivity index (χ2n) is 10.2. The zero-order valence-electron chi connectivity index (χ0n) is 20.7. The molecule has 192 valence electrons. The number of nitrogens with one attached hydrogen (secondary N) is 2. The fourth-order valence-electron chi connectivity index (χ4n) is 4.66. The van der Waals surface area contributed by atoms with Crippen molar-refractivity contribution in [3.05, 3.63) is 65.0 Å². The van der Waals surface area contributed by atoms with Crippen LogP contribution in [-0.4, -0.2) is 58.0 Å². The number of carbonyl (C=O) groups is 3. The van der Waals surface area contributed by atoms with Gasteiger partial charge in [-0.15, -0.1) is 0 Å². The number of fused-ring (bicyclic) bond motifs is 1. The van der Waals surface area contributed by atoms with Crippen LogP contribution in [0, 0.1) is 5.82 Å². The first kappa shape index (κ1) is 25.6. The van der Waals surface area contributed by atoms with Crippen LogP contribution >= 0.6 is 0 Å². The van der Waals surface area contributed by atoms with Crippen molar-refractivity contribution in [1.29, 1.82) is 0 Å². The van der Waals surface area contributed by atoms with Crippen LogP contribution in [0.15, 0.2) is 42.5 Å². The van der Waals surface area contributed by atoms with Crippen LogP contribution in [-0.2, 0) is 22.7 Å². The third kappa shape index (κ3) is 6.40. The van der Waals surface area contributed by atoms with Crippen LogP contribution in [0.2, 0.25) is 0 Å². The number of hydrogen-bond donors (Lipinski definition) is 3. The van der Waals surface area contributed by atoms with Gasteiger partial charge in [-0.1, -0.05) is 18.2 Å². The van der Waals surface area contributed by atoms with Crippen LogP contribution in [0.3, 0.4) is 0 Å². The number of halogens is 1. The third-order valence-electron chi connectivity index (χ3n) is 6.81. The highest BCUT2D eigenvalue weighted by atomic mass is 19.1. The van der Waals surface area contributed by atoms with Crippen molar-refractivity contribution in [3.63, 3.8) is 0 Å². The number of rotatable bonds is 5. The fourth-order valence-corrected chi connectivity index (χ4v) is 4.66. The van der Waals surface area contributed by atoms with E-state index in [1.807, 2.05) is 24.3 Å². The van der Waals surface area contributed by atoms with E-state index in [9.17, 15) is 23.9 Å². The van der Waals surface area contributed by atoms with Crippen LogP contribution in [0.4, 0.5) is 14.9 Å². The monoisotopic (exact) mass is 496 g/mol. The number of urea groups is 1. The molecule has 0 bridgehead atoms. The lowest BCUT2D eigenvalue weighted by molar-refractivity contribution is -0.146. The molecule has 2 heterocycles. The molecule has 9 heteroatoms. The van der Waals surface area contributed by atoms with Gasteiger partial charge in [0.1, 0.15) is 5.82 Å². The number of amides is 4. The quantitative estimate of drug-likeness (QED) is 0.553. The van der Waals surface area contributed by atoms with Crippen LogP contribution in [0.25, 0.3) is 0 Å². The first-order valence-electron chi connectivity index (χ1n) is 12.3. The van der Waals surface area contributed by atoms with Crippen molar-refractivity contribution in [2.45, 2.75) is 57.7 Å². The first-order valence-corrected chi connectivity index (χ1v) is 12.3. The molecule has 0 aliphatic carbocycles. The van der Waals surface area contributed by atoms with E-state index in [0.29, 0.717) is 38.3 Å². The molecule has 2 aliphatic rings. The highest BCUT2D eigenvalue weighted by molar-refractivity contribution is 6.35. The number of anilines is 1. The molecule has 1 saturated heterocycles. The van der Waals surface area contributed by atoms with E-state index in [1.54, 1.807) is 29.7 Å². The van der Waals surface area contributed by atoms with E-state index in [4.69, 9.17) is 0 Å². The lowest BCUT2D eigenvalue weighted by atomic mass is 9.89. The molecule has 0 spiro atoms. The average molecular weight is 497 g/mol. The molecule has 0 atom stereocenters. The number of piperidine rings is 1. The second-order valence-corrected chi connectivity index (χ2v) is 10.2. The van der Waals surface area contributed by atoms with Crippen molar-refractivity contribution in [2.75, 3.05) is 25.0 Å². The zero-order valence-corrected chi connectivity index (χ0v) is 20.7. The summed E-state index contributed by atoms with van der Waals surface area (Å²) in [5.41, 5.74) is 2.70. The number of carbonyl (C=O) groups excluding carboxylic acids is 3. The summed E-state index contributed by atoms with van der Waals surface area (Å²) in [5, 5.41) is 15.2. The predicted octanol–water partition coefficient (Wildman–Crippen LogP) is 3.36. The van der Waals surface area contributed by atoms with Gasteiger partial charge in [0.2, 0.25) is 0 Å². The summed E-state index contributed by atoms with van der Waals surface area (Å²) in [6.07, 6.45) is 1.87. The predicted molar refractivity (Wildman–Crippen MR) is 134 cm³/mol. The third-order valence-corrected chi connectivity index (χ3v) is 6.81. The minimum absolute atomic E-state index is 0.230. The van der Waals surface area contributed by atoms with Gasteiger partial charge in [0.25, 0.3) is 0 Å². The molecule has 2 aliphatic heterocycles. The molecule has 2 aromatic carbocycles. The topological polar surface area (TPSA) is 102 Å². The van der Waals surface area contributed by atoms with Crippen molar-refractivity contribution in [3.8, 4) is 0 Å². The van der Waals surface area contributed by atoms with E-state index >= 15 is 0 Å². The lowest BCUT2D eigenvalue weighted by Crippen LogP contribution is -2.46. The summed E-state index contributed by atoms with van der Waals surface area (Å²) in [6.45, 7) is 5.38. The van der Waals surface area contributed by atoms with Crippen molar-refractivity contribution in [2.24, 2.45) is 0 Å². The van der Waals surface area contributed by atoms with E-state index < -0.39 is 17.4 Å².